The molecule has 1 heterocycles. The molecule has 7 heteroatoms. The third kappa shape index (κ3) is 4.47. The molecule has 0 radical (unpaired) electrons. The number of benzene rings is 1. The lowest BCUT2D eigenvalue weighted by Crippen LogP contribution is -2.49. The highest BCUT2D eigenvalue weighted by molar-refractivity contribution is 6.30. The van der Waals surface area contributed by atoms with Gasteiger partial charge in [-0.1, -0.05) is 18.5 Å². The first-order valence-corrected chi connectivity index (χ1v) is 8.38. The van der Waals surface area contributed by atoms with Gasteiger partial charge < -0.3 is 15.3 Å². The van der Waals surface area contributed by atoms with E-state index in [0.717, 1.165) is 0 Å². The summed E-state index contributed by atoms with van der Waals surface area (Å²) < 4.78 is 0. The van der Waals surface area contributed by atoms with Gasteiger partial charge in [-0.15, -0.1) is 0 Å². The van der Waals surface area contributed by atoms with Gasteiger partial charge in [0.15, 0.2) is 0 Å². The third-order valence-electron chi connectivity index (χ3n) is 4.19. The second kappa shape index (κ2) is 8.15. The van der Waals surface area contributed by atoms with E-state index in [1.54, 1.807) is 36.1 Å². The number of rotatable bonds is 5. The number of carbonyl (C=O) groups is 3. The number of carbonyl (C=O) groups excluding carboxylic acids is 2. The summed E-state index contributed by atoms with van der Waals surface area (Å²) in [5.41, 5.74) is 0.525. The SMILES string of the molecule is CCC(NC(=O)C1CCCN(C(=O)c2ccc(Cl)cc2)C1)C(=O)O. The highest BCUT2D eigenvalue weighted by Crippen LogP contribution is 2.20. The maximum Gasteiger partial charge on any atom is 0.326 e. The second-order valence-corrected chi connectivity index (χ2v) is 6.34. The number of likely N-dealkylation sites (tertiary alicyclic amines) is 1. The molecule has 2 amide bonds. The monoisotopic (exact) mass is 352 g/mol. The number of halogens is 1. The third-order valence-corrected chi connectivity index (χ3v) is 4.45. The summed E-state index contributed by atoms with van der Waals surface area (Å²) in [6, 6.07) is 5.74. The molecule has 2 rings (SSSR count). The van der Waals surface area contributed by atoms with Crippen molar-refractivity contribution in [3.05, 3.63) is 34.9 Å². The summed E-state index contributed by atoms with van der Waals surface area (Å²) >= 11 is 5.83. The van der Waals surface area contributed by atoms with Crippen LogP contribution < -0.4 is 5.32 Å². The van der Waals surface area contributed by atoms with E-state index in [-0.39, 0.29) is 17.7 Å². The Balaban J connectivity index is 2.00. The predicted molar refractivity (Wildman–Crippen MR) is 89.9 cm³/mol. The van der Waals surface area contributed by atoms with E-state index in [2.05, 4.69) is 5.32 Å². The number of piperidine rings is 1. The van der Waals surface area contributed by atoms with Crippen molar-refractivity contribution in [3.8, 4) is 0 Å². The van der Waals surface area contributed by atoms with Crippen molar-refractivity contribution in [1.82, 2.24) is 10.2 Å². The number of hydrogen-bond donors (Lipinski definition) is 2. The molecule has 1 aliphatic rings. The molecule has 1 aromatic carbocycles. The highest BCUT2D eigenvalue weighted by atomic mass is 35.5. The summed E-state index contributed by atoms with van der Waals surface area (Å²) in [5.74, 6) is -1.88. The second-order valence-electron chi connectivity index (χ2n) is 5.90. The molecule has 6 nitrogen and oxygen atoms in total. The fourth-order valence-corrected chi connectivity index (χ4v) is 2.90. The van der Waals surface area contributed by atoms with E-state index in [1.807, 2.05) is 0 Å². The van der Waals surface area contributed by atoms with Crippen LogP contribution in [0.2, 0.25) is 5.02 Å². The molecule has 1 saturated heterocycles. The van der Waals surface area contributed by atoms with Crippen LogP contribution in [-0.2, 0) is 9.59 Å². The molecule has 1 fully saturated rings. The van der Waals surface area contributed by atoms with Crippen LogP contribution in [0.5, 0.6) is 0 Å². The molecule has 2 unspecified atom stereocenters. The maximum absolute atomic E-state index is 12.5. The lowest BCUT2D eigenvalue weighted by atomic mass is 9.96. The fourth-order valence-electron chi connectivity index (χ4n) is 2.78. The van der Waals surface area contributed by atoms with Crippen molar-refractivity contribution >= 4 is 29.4 Å². The first kappa shape index (κ1) is 18.3. The predicted octanol–water partition coefficient (Wildman–Crippen LogP) is 2.17. The Morgan fingerprint density at radius 1 is 1.33 bits per heavy atom. The molecular formula is C17H21ClN2O4. The van der Waals surface area contributed by atoms with Crippen molar-refractivity contribution in [2.75, 3.05) is 13.1 Å². The van der Waals surface area contributed by atoms with Crippen molar-refractivity contribution in [1.29, 1.82) is 0 Å². The van der Waals surface area contributed by atoms with Gasteiger partial charge in [-0.2, -0.15) is 0 Å². The number of hydrogen-bond acceptors (Lipinski definition) is 3. The Morgan fingerprint density at radius 2 is 2.00 bits per heavy atom. The van der Waals surface area contributed by atoms with E-state index in [0.29, 0.717) is 42.9 Å². The Hall–Kier alpha value is -2.08. The van der Waals surface area contributed by atoms with Crippen molar-refractivity contribution < 1.29 is 19.5 Å². The zero-order valence-electron chi connectivity index (χ0n) is 13.5. The molecular weight excluding hydrogens is 332 g/mol. The Bertz CT molecular complexity index is 618. The summed E-state index contributed by atoms with van der Waals surface area (Å²) in [4.78, 5) is 37.5. The van der Waals surface area contributed by atoms with Gasteiger partial charge in [0, 0.05) is 23.7 Å². The average Bonchev–Trinajstić information content (AvgIpc) is 2.59. The lowest BCUT2D eigenvalue weighted by Gasteiger charge is -2.32. The van der Waals surface area contributed by atoms with Crippen LogP contribution >= 0.6 is 11.6 Å². The summed E-state index contributed by atoms with van der Waals surface area (Å²) in [5, 5.41) is 12.1. The smallest absolute Gasteiger partial charge is 0.326 e. The zero-order chi connectivity index (χ0) is 17.7. The Morgan fingerprint density at radius 3 is 2.58 bits per heavy atom. The minimum atomic E-state index is -1.05. The quantitative estimate of drug-likeness (QED) is 0.850. The van der Waals surface area contributed by atoms with Crippen molar-refractivity contribution in [3.63, 3.8) is 0 Å². The average molecular weight is 353 g/mol. The van der Waals surface area contributed by atoms with Crippen LogP contribution in [0, 0.1) is 5.92 Å². The van der Waals surface area contributed by atoms with Gasteiger partial charge in [-0.3, -0.25) is 9.59 Å². The molecule has 1 aliphatic heterocycles. The standard InChI is InChI=1S/C17H21ClN2O4/c1-2-14(17(23)24)19-15(21)12-4-3-9-20(10-12)16(22)11-5-7-13(18)8-6-11/h5-8,12,14H,2-4,9-10H2,1H3,(H,19,21)(H,23,24). The first-order valence-electron chi connectivity index (χ1n) is 8.00. The van der Waals surface area contributed by atoms with Gasteiger partial charge in [-0.05, 0) is 43.5 Å². The summed E-state index contributed by atoms with van der Waals surface area (Å²) in [7, 11) is 0. The van der Waals surface area contributed by atoms with E-state index in [1.165, 1.54) is 0 Å². The highest BCUT2D eigenvalue weighted by Gasteiger charge is 2.30. The number of aliphatic carboxylic acids is 1. The van der Waals surface area contributed by atoms with Gasteiger partial charge in [0.2, 0.25) is 5.91 Å². The molecule has 0 spiro atoms. The molecule has 0 saturated carbocycles. The molecule has 130 valence electrons. The zero-order valence-corrected chi connectivity index (χ0v) is 14.3. The van der Waals surface area contributed by atoms with E-state index < -0.39 is 12.0 Å². The van der Waals surface area contributed by atoms with E-state index >= 15 is 0 Å². The number of carboxylic acid groups (broad SMARTS) is 1. The minimum absolute atomic E-state index is 0.144. The van der Waals surface area contributed by atoms with Crippen molar-refractivity contribution in [2.24, 2.45) is 5.92 Å². The largest absolute Gasteiger partial charge is 0.480 e. The Kier molecular flexibility index (Phi) is 6.20. The molecule has 0 bridgehead atoms. The number of amides is 2. The molecule has 24 heavy (non-hydrogen) atoms. The van der Waals surface area contributed by atoms with Crippen LogP contribution in [0.3, 0.4) is 0 Å². The topological polar surface area (TPSA) is 86.7 Å². The van der Waals surface area contributed by atoms with Gasteiger partial charge in [-0.25, -0.2) is 4.79 Å². The maximum atomic E-state index is 12.5. The molecule has 0 aromatic heterocycles. The van der Waals surface area contributed by atoms with Crippen LogP contribution in [0.25, 0.3) is 0 Å². The summed E-state index contributed by atoms with van der Waals surface area (Å²) in [6.07, 6.45) is 1.68. The Labute approximate surface area is 145 Å². The van der Waals surface area contributed by atoms with Crippen molar-refractivity contribution in [2.45, 2.75) is 32.2 Å². The summed E-state index contributed by atoms with van der Waals surface area (Å²) in [6.45, 7) is 2.58. The van der Waals surface area contributed by atoms with Gasteiger partial charge >= 0.3 is 5.97 Å². The number of nitrogens with one attached hydrogen (secondary N) is 1. The van der Waals surface area contributed by atoms with Crippen LogP contribution in [-0.4, -0.2) is 46.9 Å². The van der Waals surface area contributed by atoms with Gasteiger partial charge in [0.05, 0.1) is 5.92 Å². The molecule has 0 aliphatic carbocycles. The van der Waals surface area contributed by atoms with Gasteiger partial charge in [0.25, 0.3) is 5.91 Å². The fraction of sp³-hybridized carbons (Fsp3) is 0.471. The molecule has 1 aromatic rings. The minimum Gasteiger partial charge on any atom is -0.480 e. The van der Waals surface area contributed by atoms with Gasteiger partial charge in [0.1, 0.15) is 6.04 Å². The van der Waals surface area contributed by atoms with Crippen LogP contribution in [0.1, 0.15) is 36.5 Å². The van der Waals surface area contributed by atoms with E-state index in [4.69, 9.17) is 16.7 Å². The molecule has 2 atom stereocenters. The molecule has 2 N–H and O–H groups in total. The van der Waals surface area contributed by atoms with Crippen LogP contribution in [0.4, 0.5) is 0 Å². The number of carboxylic acids is 1. The first-order chi connectivity index (χ1) is 11.4. The number of nitrogens with zero attached hydrogens (tertiary/aromatic N) is 1. The lowest BCUT2D eigenvalue weighted by molar-refractivity contribution is -0.142. The normalized spacial score (nSPS) is 18.8. The van der Waals surface area contributed by atoms with E-state index in [9.17, 15) is 14.4 Å². The van der Waals surface area contributed by atoms with Crippen LogP contribution in [0.15, 0.2) is 24.3 Å².